The Bertz CT molecular complexity index is 1240. The number of carbonyl (C=O) groups excluding carboxylic acids is 1. The van der Waals surface area contributed by atoms with E-state index in [9.17, 15) is 33.8 Å². The number of hydrogen-bond acceptors (Lipinski definition) is 7. The van der Waals surface area contributed by atoms with Crippen LogP contribution in [0.3, 0.4) is 0 Å². The molecule has 0 fully saturated rings. The van der Waals surface area contributed by atoms with Gasteiger partial charge in [0.05, 0.1) is 38.3 Å². The first-order valence-electron chi connectivity index (χ1n) is 8.80. The molecule has 31 heavy (non-hydrogen) atoms. The molecule has 3 rings (SSSR count). The zero-order valence-electron chi connectivity index (χ0n) is 15.9. The largest absolute Gasteiger partial charge is 0.380 e. The summed E-state index contributed by atoms with van der Waals surface area (Å²) in [6, 6.07) is 4.22. The minimum atomic E-state index is -1.01. The van der Waals surface area contributed by atoms with Crippen LogP contribution in [0.1, 0.15) is 17.3 Å². The Kier molecular flexibility index (Phi) is 6.46. The van der Waals surface area contributed by atoms with Crippen molar-refractivity contribution in [3.05, 3.63) is 72.6 Å². The summed E-state index contributed by atoms with van der Waals surface area (Å²) in [7, 11) is 0. The van der Waals surface area contributed by atoms with Gasteiger partial charge in [-0.25, -0.2) is 8.78 Å². The molecule has 0 saturated carbocycles. The molecule has 0 aliphatic heterocycles. The van der Waals surface area contributed by atoms with E-state index in [1.807, 2.05) is 0 Å². The summed E-state index contributed by atoms with van der Waals surface area (Å²) in [4.78, 5) is 36.9. The fraction of sp³-hybridized carbons (Fsp3) is 0.222. The minimum Gasteiger partial charge on any atom is -0.380 e. The molecule has 0 spiro atoms. The van der Waals surface area contributed by atoms with Crippen molar-refractivity contribution in [2.75, 3.05) is 13.2 Å². The van der Waals surface area contributed by atoms with E-state index in [-0.39, 0.29) is 33.7 Å². The molecule has 0 radical (unpaired) electrons. The lowest BCUT2D eigenvalue weighted by Gasteiger charge is -2.06. The van der Waals surface area contributed by atoms with Gasteiger partial charge in [0.25, 0.3) is 17.3 Å². The van der Waals surface area contributed by atoms with Crippen LogP contribution in [0.15, 0.2) is 35.3 Å². The number of rotatable bonds is 7. The maximum atomic E-state index is 14.4. The summed E-state index contributed by atoms with van der Waals surface area (Å²) < 4.78 is 34.8. The van der Waals surface area contributed by atoms with Crippen molar-refractivity contribution in [2.24, 2.45) is 4.99 Å². The molecule has 13 heteroatoms. The van der Waals surface area contributed by atoms with E-state index in [4.69, 9.17) is 4.74 Å². The Morgan fingerprint density at radius 2 is 1.77 bits per heavy atom. The predicted molar refractivity (Wildman–Crippen MR) is 106 cm³/mol. The molecule has 1 heterocycles. The number of aromatic nitrogens is 1. The lowest BCUT2D eigenvalue weighted by atomic mass is 10.1. The first kappa shape index (κ1) is 22.1. The average molecular weight is 452 g/mol. The molecule has 1 amide bonds. The van der Waals surface area contributed by atoms with Crippen molar-refractivity contribution in [1.82, 2.24) is 4.57 Å². The topological polar surface area (TPSA) is 130 Å². The highest BCUT2D eigenvalue weighted by Crippen LogP contribution is 2.24. The molecule has 162 valence electrons. The predicted octanol–water partition coefficient (Wildman–Crippen LogP) is 3.58. The molecule has 0 saturated heterocycles. The second-order valence-corrected chi connectivity index (χ2v) is 7.15. The van der Waals surface area contributed by atoms with Crippen LogP contribution in [-0.4, -0.2) is 33.5 Å². The highest BCUT2D eigenvalue weighted by molar-refractivity contribution is 7.16. The lowest BCUT2D eigenvalue weighted by Crippen LogP contribution is -2.20. The van der Waals surface area contributed by atoms with Gasteiger partial charge >= 0.3 is 0 Å². The number of ether oxygens (including phenoxy) is 1. The first-order valence-corrected chi connectivity index (χ1v) is 9.62. The van der Waals surface area contributed by atoms with Gasteiger partial charge < -0.3 is 9.30 Å². The quantitative estimate of drug-likeness (QED) is 0.306. The van der Waals surface area contributed by atoms with Crippen LogP contribution in [0, 0.1) is 31.9 Å². The number of nitrogens with zero attached hydrogens (tertiary/aromatic N) is 4. The van der Waals surface area contributed by atoms with Gasteiger partial charge in [-0.3, -0.25) is 25.0 Å². The minimum absolute atomic E-state index is 0.0154. The Balaban J connectivity index is 2.16. The van der Waals surface area contributed by atoms with Crippen molar-refractivity contribution in [1.29, 1.82) is 0 Å². The number of halogens is 2. The summed E-state index contributed by atoms with van der Waals surface area (Å²) in [5, 5.41) is 22.1. The Morgan fingerprint density at radius 3 is 2.35 bits per heavy atom. The third kappa shape index (κ3) is 4.78. The average Bonchev–Trinajstić information content (AvgIpc) is 3.04. The van der Waals surface area contributed by atoms with Gasteiger partial charge in [0.1, 0.15) is 5.82 Å². The summed E-state index contributed by atoms with van der Waals surface area (Å²) in [5.74, 6) is -2.68. The van der Waals surface area contributed by atoms with E-state index in [0.717, 1.165) is 35.6 Å². The molecule has 10 nitrogen and oxygen atoms in total. The number of hydrogen-bond donors (Lipinski definition) is 0. The van der Waals surface area contributed by atoms with Crippen LogP contribution < -0.4 is 4.80 Å². The van der Waals surface area contributed by atoms with E-state index in [1.165, 1.54) is 4.57 Å². The fourth-order valence-corrected chi connectivity index (χ4v) is 3.90. The summed E-state index contributed by atoms with van der Waals surface area (Å²) in [6.07, 6.45) is 0. The lowest BCUT2D eigenvalue weighted by molar-refractivity contribution is -0.394. The smallest absolute Gasteiger partial charge is 0.280 e. The van der Waals surface area contributed by atoms with Gasteiger partial charge in [-0.15, -0.1) is 0 Å². The monoisotopic (exact) mass is 452 g/mol. The number of amides is 1. The third-order valence-electron chi connectivity index (χ3n) is 4.13. The number of benzene rings is 2. The van der Waals surface area contributed by atoms with Crippen molar-refractivity contribution < 1.29 is 28.2 Å². The van der Waals surface area contributed by atoms with Crippen LogP contribution in [0.4, 0.5) is 20.2 Å². The molecule has 0 aliphatic rings. The van der Waals surface area contributed by atoms with Crippen molar-refractivity contribution >= 4 is 38.8 Å². The first-order chi connectivity index (χ1) is 14.7. The van der Waals surface area contributed by atoms with Gasteiger partial charge in [0.2, 0.25) is 0 Å². The van der Waals surface area contributed by atoms with Gasteiger partial charge in [0, 0.05) is 31.4 Å². The molecular weight excluding hydrogens is 438 g/mol. The zero-order valence-corrected chi connectivity index (χ0v) is 16.7. The summed E-state index contributed by atoms with van der Waals surface area (Å²) in [6.45, 7) is 2.40. The molecule has 1 aromatic heterocycles. The van der Waals surface area contributed by atoms with E-state index in [1.54, 1.807) is 6.92 Å². The number of carbonyl (C=O) groups is 1. The second kappa shape index (κ2) is 9.06. The van der Waals surface area contributed by atoms with E-state index >= 15 is 0 Å². The molecule has 3 aromatic rings. The summed E-state index contributed by atoms with van der Waals surface area (Å²) >= 11 is 0.826. The number of fused-ring (bicyclic) bond motifs is 1. The maximum Gasteiger partial charge on any atom is 0.280 e. The summed E-state index contributed by atoms with van der Waals surface area (Å²) in [5.41, 5.74) is -1.67. The fourth-order valence-electron chi connectivity index (χ4n) is 2.80. The van der Waals surface area contributed by atoms with E-state index < -0.39 is 38.8 Å². The van der Waals surface area contributed by atoms with E-state index in [2.05, 4.69) is 4.99 Å². The van der Waals surface area contributed by atoms with Crippen LogP contribution in [0.25, 0.3) is 10.2 Å². The Hall–Kier alpha value is -3.58. The Labute approximate surface area is 176 Å². The van der Waals surface area contributed by atoms with Gasteiger partial charge in [-0.05, 0) is 13.0 Å². The van der Waals surface area contributed by atoms with Crippen LogP contribution in [-0.2, 0) is 11.3 Å². The molecule has 0 unspecified atom stereocenters. The highest BCUT2D eigenvalue weighted by atomic mass is 32.1. The molecule has 2 aromatic carbocycles. The number of nitro benzene ring substituents is 2. The molecule has 0 aliphatic carbocycles. The van der Waals surface area contributed by atoms with Gasteiger partial charge in [-0.2, -0.15) is 4.99 Å². The standard InChI is InChI=1S/C18H14F2N4O6S/c1-2-30-4-3-22-16-14(20)7-11(19)8-15(16)31-18(22)21-17(25)10-5-12(23(26)27)9-13(6-10)24(28)29/h5-9H,2-4H2,1H3. The number of thiazole rings is 1. The molecular formula is C18H14F2N4O6S. The van der Waals surface area contributed by atoms with Crippen molar-refractivity contribution in [2.45, 2.75) is 13.5 Å². The highest BCUT2D eigenvalue weighted by Gasteiger charge is 2.20. The van der Waals surface area contributed by atoms with Crippen LogP contribution in [0.2, 0.25) is 0 Å². The normalized spacial score (nSPS) is 11.8. The molecule has 0 atom stereocenters. The molecule has 0 bridgehead atoms. The second-order valence-electron chi connectivity index (χ2n) is 6.14. The maximum absolute atomic E-state index is 14.4. The van der Waals surface area contributed by atoms with Gasteiger partial charge in [-0.1, -0.05) is 11.3 Å². The van der Waals surface area contributed by atoms with Crippen molar-refractivity contribution in [3.8, 4) is 0 Å². The zero-order chi connectivity index (χ0) is 22.7. The van der Waals surface area contributed by atoms with Crippen molar-refractivity contribution in [3.63, 3.8) is 0 Å². The SMILES string of the molecule is CCOCCn1c(=NC(=O)c2cc([N+](=O)[O-])cc([N+](=O)[O-])c2)sc2cc(F)cc(F)c21. The molecule has 0 N–H and O–H groups in total. The third-order valence-corrected chi connectivity index (χ3v) is 5.15. The number of non-ortho nitro benzene ring substituents is 2. The van der Waals surface area contributed by atoms with Crippen LogP contribution in [0.5, 0.6) is 0 Å². The van der Waals surface area contributed by atoms with Gasteiger partial charge in [0.15, 0.2) is 10.6 Å². The Morgan fingerprint density at radius 1 is 1.13 bits per heavy atom. The van der Waals surface area contributed by atoms with E-state index in [0.29, 0.717) is 12.7 Å². The number of nitro groups is 2. The van der Waals surface area contributed by atoms with Crippen LogP contribution >= 0.6 is 11.3 Å².